The van der Waals surface area contributed by atoms with Gasteiger partial charge >= 0.3 is 0 Å². The highest BCUT2D eigenvalue weighted by molar-refractivity contribution is 9.10. The highest BCUT2D eigenvalue weighted by Crippen LogP contribution is 2.25. The number of halogens is 1. The van der Waals surface area contributed by atoms with Crippen LogP contribution in [0, 0.1) is 0 Å². The maximum absolute atomic E-state index is 6.24. The molecule has 0 aliphatic rings. The van der Waals surface area contributed by atoms with Crippen LogP contribution in [0.3, 0.4) is 0 Å². The van der Waals surface area contributed by atoms with Crippen LogP contribution in [0.2, 0.25) is 0 Å². The van der Waals surface area contributed by atoms with Crippen LogP contribution in [-0.4, -0.2) is 9.78 Å². The fourth-order valence-electron chi connectivity index (χ4n) is 2.10. The zero-order valence-corrected chi connectivity index (χ0v) is 12.5. The highest BCUT2D eigenvalue weighted by atomic mass is 79.9. The van der Waals surface area contributed by atoms with Gasteiger partial charge in [0.1, 0.15) is 0 Å². The summed E-state index contributed by atoms with van der Waals surface area (Å²) in [6, 6.07) is 0.105. The van der Waals surface area contributed by atoms with E-state index in [0.717, 1.165) is 23.1 Å². The summed E-state index contributed by atoms with van der Waals surface area (Å²) < 4.78 is 3.03. The van der Waals surface area contributed by atoms with Crippen LogP contribution in [0.25, 0.3) is 0 Å². The molecule has 98 valence electrons. The molecule has 0 fully saturated rings. The van der Waals surface area contributed by atoms with E-state index in [2.05, 4.69) is 34.9 Å². The lowest BCUT2D eigenvalue weighted by Gasteiger charge is -2.14. The van der Waals surface area contributed by atoms with Crippen LogP contribution in [0.1, 0.15) is 64.1 Å². The Balaban J connectivity index is 2.40. The molecular weight excluding hydrogens is 278 g/mol. The van der Waals surface area contributed by atoms with Gasteiger partial charge in [0, 0.05) is 12.6 Å². The molecule has 4 heteroatoms. The molecule has 0 radical (unpaired) electrons. The zero-order valence-electron chi connectivity index (χ0n) is 11.0. The predicted molar refractivity (Wildman–Crippen MR) is 75.9 cm³/mol. The molecule has 1 aromatic heterocycles. The van der Waals surface area contributed by atoms with Crippen molar-refractivity contribution in [2.75, 3.05) is 0 Å². The van der Waals surface area contributed by atoms with Gasteiger partial charge in [-0.15, -0.1) is 0 Å². The van der Waals surface area contributed by atoms with E-state index in [1.807, 2.05) is 10.9 Å². The Morgan fingerprint density at radius 3 is 2.65 bits per heavy atom. The monoisotopic (exact) mass is 301 g/mol. The molecule has 17 heavy (non-hydrogen) atoms. The molecule has 0 saturated heterocycles. The molecule has 0 aliphatic heterocycles. The molecule has 2 N–H and O–H groups in total. The van der Waals surface area contributed by atoms with Crippen molar-refractivity contribution in [3.05, 3.63) is 16.4 Å². The van der Waals surface area contributed by atoms with Gasteiger partial charge in [-0.25, -0.2) is 0 Å². The van der Waals surface area contributed by atoms with Gasteiger partial charge in [-0.2, -0.15) is 5.10 Å². The molecule has 0 aliphatic carbocycles. The Hall–Kier alpha value is -0.350. The van der Waals surface area contributed by atoms with Gasteiger partial charge in [0.2, 0.25) is 0 Å². The van der Waals surface area contributed by atoms with E-state index in [0.29, 0.717) is 0 Å². The quantitative estimate of drug-likeness (QED) is 0.737. The second-order valence-electron chi connectivity index (χ2n) is 4.50. The van der Waals surface area contributed by atoms with Gasteiger partial charge in [0.15, 0.2) is 0 Å². The average Bonchev–Trinajstić information content (AvgIpc) is 2.70. The maximum Gasteiger partial charge on any atom is 0.0693 e. The summed E-state index contributed by atoms with van der Waals surface area (Å²) in [5, 5.41) is 4.30. The summed E-state index contributed by atoms with van der Waals surface area (Å²) in [5.41, 5.74) is 7.38. The van der Waals surface area contributed by atoms with Gasteiger partial charge in [-0.05, 0) is 29.3 Å². The first-order valence-corrected chi connectivity index (χ1v) is 7.46. The molecule has 1 aromatic rings. The van der Waals surface area contributed by atoms with E-state index in [1.165, 1.54) is 32.1 Å². The molecule has 0 aromatic carbocycles. The molecule has 0 saturated carbocycles. The van der Waals surface area contributed by atoms with E-state index in [-0.39, 0.29) is 6.04 Å². The van der Waals surface area contributed by atoms with Crippen molar-refractivity contribution >= 4 is 15.9 Å². The van der Waals surface area contributed by atoms with E-state index >= 15 is 0 Å². The van der Waals surface area contributed by atoms with Gasteiger partial charge in [-0.1, -0.05) is 39.0 Å². The zero-order chi connectivity index (χ0) is 12.7. The average molecular weight is 302 g/mol. The van der Waals surface area contributed by atoms with E-state index in [1.54, 1.807) is 0 Å². The number of aromatic nitrogens is 2. The molecular formula is C13H24BrN3. The summed E-state index contributed by atoms with van der Waals surface area (Å²) in [5.74, 6) is 0. The molecule has 0 amide bonds. The maximum atomic E-state index is 6.24. The third-order valence-corrected chi connectivity index (χ3v) is 3.71. The Bertz CT molecular complexity index is 322. The number of unbranched alkanes of at least 4 members (excludes halogenated alkanes) is 4. The topological polar surface area (TPSA) is 43.8 Å². The first-order chi connectivity index (χ1) is 8.20. The summed E-state index contributed by atoms with van der Waals surface area (Å²) >= 11 is 3.53. The van der Waals surface area contributed by atoms with Gasteiger partial charge in [-0.3, -0.25) is 4.68 Å². The van der Waals surface area contributed by atoms with Crippen molar-refractivity contribution in [1.29, 1.82) is 0 Å². The van der Waals surface area contributed by atoms with Crippen LogP contribution in [-0.2, 0) is 6.54 Å². The van der Waals surface area contributed by atoms with E-state index in [4.69, 9.17) is 5.73 Å². The molecule has 1 rings (SSSR count). The lowest BCUT2D eigenvalue weighted by atomic mass is 10.0. The number of nitrogens with zero attached hydrogens (tertiary/aromatic N) is 2. The molecule has 1 atom stereocenters. The van der Waals surface area contributed by atoms with Crippen molar-refractivity contribution in [3.63, 3.8) is 0 Å². The Kier molecular flexibility index (Phi) is 6.82. The number of rotatable bonds is 8. The van der Waals surface area contributed by atoms with Crippen LogP contribution in [0.4, 0.5) is 0 Å². The van der Waals surface area contributed by atoms with Crippen LogP contribution in [0.15, 0.2) is 10.7 Å². The van der Waals surface area contributed by atoms with Crippen LogP contribution in [0.5, 0.6) is 0 Å². The van der Waals surface area contributed by atoms with Gasteiger partial charge < -0.3 is 5.73 Å². The number of hydrogen-bond donors (Lipinski definition) is 1. The Labute approximate surface area is 113 Å². The summed E-state index contributed by atoms with van der Waals surface area (Å²) in [6.45, 7) is 5.21. The van der Waals surface area contributed by atoms with Crippen molar-refractivity contribution in [3.8, 4) is 0 Å². The lowest BCUT2D eigenvalue weighted by molar-refractivity contribution is 0.510. The van der Waals surface area contributed by atoms with Crippen molar-refractivity contribution < 1.29 is 0 Å². The molecule has 3 nitrogen and oxygen atoms in total. The standard InChI is InChI=1S/C13H24BrN3/c1-3-5-6-7-8-9-12(15)13-11(14)10-16-17(13)4-2/h10,12H,3-9,15H2,1-2H3. The van der Waals surface area contributed by atoms with Gasteiger partial charge in [0.25, 0.3) is 0 Å². The molecule has 0 spiro atoms. The van der Waals surface area contributed by atoms with E-state index in [9.17, 15) is 0 Å². The second kappa shape index (κ2) is 7.88. The predicted octanol–water partition coefficient (Wildman–Crippen LogP) is 4.03. The smallest absolute Gasteiger partial charge is 0.0693 e. The van der Waals surface area contributed by atoms with Crippen molar-refractivity contribution in [2.45, 2.75) is 65.0 Å². The van der Waals surface area contributed by atoms with Crippen LogP contribution >= 0.6 is 15.9 Å². The normalized spacial score (nSPS) is 12.9. The lowest BCUT2D eigenvalue weighted by Crippen LogP contribution is -2.16. The Morgan fingerprint density at radius 2 is 2.00 bits per heavy atom. The number of nitrogens with two attached hydrogens (primary N) is 1. The summed E-state index contributed by atoms with van der Waals surface area (Å²) in [4.78, 5) is 0. The van der Waals surface area contributed by atoms with Gasteiger partial charge in [0.05, 0.1) is 16.4 Å². The minimum atomic E-state index is 0.105. The fraction of sp³-hybridized carbons (Fsp3) is 0.769. The molecule has 1 unspecified atom stereocenters. The summed E-state index contributed by atoms with van der Waals surface area (Å²) in [6.07, 6.45) is 9.36. The first-order valence-electron chi connectivity index (χ1n) is 6.67. The van der Waals surface area contributed by atoms with Crippen LogP contribution < -0.4 is 5.73 Å². The first kappa shape index (κ1) is 14.7. The number of hydrogen-bond acceptors (Lipinski definition) is 2. The highest BCUT2D eigenvalue weighted by Gasteiger charge is 2.15. The largest absolute Gasteiger partial charge is 0.323 e. The minimum absolute atomic E-state index is 0.105. The molecule has 0 bridgehead atoms. The number of aryl methyl sites for hydroxylation is 1. The Morgan fingerprint density at radius 1 is 1.29 bits per heavy atom. The molecule has 1 heterocycles. The van der Waals surface area contributed by atoms with Crippen molar-refractivity contribution in [2.24, 2.45) is 5.73 Å². The third kappa shape index (κ3) is 4.43. The third-order valence-electron chi connectivity index (χ3n) is 3.10. The SMILES string of the molecule is CCCCCCCC(N)c1c(Br)cnn1CC. The second-order valence-corrected chi connectivity index (χ2v) is 5.36. The fourth-order valence-corrected chi connectivity index (χ4v) is 2.69. The van der Waals surface area contributed by atoms with E-state index < -0.39 is 0 Å². The minimum Gasteiger partial charge on any atom is -0.323 e. The summed E-state index contributed by atoms with van der Waals surface area (Å²) in [7, 11) is 0. The van der Waals surface area contributed by atoms with Crippen molar-refractivity contribution in [1.82, 2.24) is 9.78 Å².